The fraction of sp³-hybridized carbons (Fsp3) is 0.385. The predicted molar refractivity (Wildman–Crippen MR) is 81.1 cm³/mol. The Bertz CT molecular complexity index is 541. The smallest absolute Gasteiger partial charge is 0.387 e. The minimum absolute atomic E-state index is 0.0239. The van der Waals surface area contributed by atoms with Crippen LogP contribution in [0.1, 0.15) is 24.2 Å². The average molecular weight is 333 g/mol. The number of carbonyl (C=O) groups excluding carboxylic acids is 1. The number of benzene rings is 1. The number of halogens is 2. The molecular formula is C13H17F2N3O3S. The molecule has 0 fully saturated rings. The summed E-state index contributed by atoms with van der Waals surface area (Å²) in [4.78, 5) is 11.9. The predicted octanol–water partition coefficient (Wildman–Crippen LogP) is 1.81. The SMILES string of the molecule is COc1cc(C(=O)NNC(=S)NC(C)C)ccc1OC(F)F. The number of rotatable bonds is 5. The Balaban J connectivity index is 2.71. The fourth-order valence-electron chi connectivity index (χ4n) is 1.49. The molecule has 3 N–H and O–H groups in total. The summed E-state index contributed by atoms with van der Waals surface area (Å²) in [5.74, 6) is -0.635. The van der Waals surface area contributed by atoms with Crippen molar-refractivity contribution < 1.29 is 23.0 Å². The van der Waals surface area contributed by atoms with Crippen LogP contribution in [0.5, 0.6) is 11.5 Å². The lowest BCUT2D eigenvalue weighted by molar-refractivity contribution is -0.0512. The topological polar surface area (TPSA) is 71.6 Å². The van der Waals surface area contributed by atoms with Crippen LogP contribution in [0, 0.1) is 0 Å². The summed E-state index contributed by atoms with van der Waals surface area (Å²) in [5, 5.41) is 3.14. The molecule has 1 aromatic carbocycles. The highest BCUT2D eigenvalue weighted by molar-refractivity contribution is 7.80. The zero-order valence-electron chi connectivity index (χ0n) is 12.3. The van der Waals surface area contributed by atoms with Crippen LogP contribution in [0.25, 0.3) is 0 Å². The summed E-state index contributed by atoms with van der Waals surface area (Å²) in [7, 11) is 1.29. The van der Waals surface area contributed by atoms with Crippen LogP contribution >= 0.6 is 12.2 Å². The van der Waals surface area contributed by atoms with Crippen LogP contribution in [0.4, 0.5) is 8.78 Å². The summed E-state index contributed by atoms with van der Waals surface area (Å²) < 4.78 is 33.6. The van der Waals surface area contributed by atoms with Gasteiger partial charge in [-0.25, -0.2) is 0 Å². The second kappa shape index (κ2) is 8.32. The van der Waals surface area contributed by atoms with Gasteiger partial charge < -0.3 is 14.8 Å². The van der Waals surface area contributed by atoms with E-state index in [1.54, 1.807) is 0 Å². The third kappa shape index (κ3) is 5.68. The number of hydrogen-bond acceptors (Lipinski definition) is 4. The van der Waals surface area contributed by atoms with Crippen molar-refractivity contribution in [1.29, 1.82) is 0 Å². The molecule has 9 heteroatoms. The quantitative estimate of drug-likeness (QED) is 0.564. The van der Waals surface area contributed by atoms with Crippen LogP contribution in [0.3, 0.4) is 0 Å². The molecule has 0 bridgehead atoms. The molecule has 0 atom stereocenters. The van der Waals surface area contributed by atoms with E-state index in [1.165, 1.54) is 25.3 Å². The van der Waals surface area contributed by atoms with Crippen LogP contribution in [0.2, 0.25) is 0 Å². The summed E-state index contributed by atoms with van der Waals surface area (Å²) in [6.07, 6.45) is 0. The van der Waals surface area contributed by atoms with E-state index in [0.717, 1.165) is 0 Å². The minimum Gasteiger partial charge on any atom is -0.493 e. The molecule has 0 unspecified atom stereocenters. The van der Waals surface area contributed by atoms with E-state index in [-0.39, 0.29) is 28.2 Å². The Kier molecular flexibility index (Phi) is 6.77. The van der Waals surface area contributed by atoms with Gasteiger partial charge in [-0.1, -0.05) is 0 Å². The molecule has 0 heterocycles. The first-order valence-electron chi connectivity index (χ1n) is 6.33. The average Bonchev–Trinajstić information content (AvgIpc) is 2.43. The second-order valence-corrected chi connectivity index (χ2v) is 4.86. The minimum atomic E-state index is -2.98. The van der Waals surface area contributed by atoms with Crippen LogP contribution in [-0.4, -0.2) is 30.8 Å². The highest BCUT2D eigenvalue weighted by Crippen LogP contribution is 2.29. The first-order chi connectivity index (χ1) is 10.3. The number of thiocarbonyl (C=S) groups is 1. The molecule has 0 aliphatic carbocycles. The van der Waals surface area contributed by atoms with Crippen molar-refractivity contribution in [2.75, 3.05) is 7.11 Å². The number of nitrogens with one attached hydrogen (secondary N) is 3. The van der Waals surface area contributed by atoms with E-state index in [2.05, 4.69) is 20.9 Å². The number of hydrazine groups is 1. The van der Waals surface area contributed by atoms with E-state index < -0.39 is 12.5 Å². The maximum Gasteiger partial charge on any atom is 0.387 e. The number of amides is 1. The molecule has 1 aromatic rings. The lowest BCUT2D eigenvalue weighted by Crippen LogP contribution is -2.48. The number of hydrogen-bond donors (Lipinski definition) is 3. The van der Waals surface area contributed by atoms with Gasteiger partial charge in [-0.15, -0.1) is 0 Å². The Morgan fingerprint density at radius 1 is 1.23 bits per heavy atom. The van der Waals surface area contributed by atoms with Gasteiger partial charge in [0.2, 0.25) is 0 Å². The zero-order valence-corrected chi connectivity index (χ0v) is 13.1. The first-order valence-corrected chi connectivity index (χ1v) is 6.74. The molecule has 0 aliphatic heterocycles. The van der Waals surface area contributed by atoms with Gasteiger partial charge in [0.25, 0.3) is 5.91 Å². The monoisotopic (exact) mass is 333 g/mol. The van der Waals surface area contributed by atoms with Crippen molar-refractivity contribution in [2.45, 2.75) is 26.5 Å². The Labute approximate surface area is 132 Å². The lowest BCUT2D eigenvalue weighted by atomic mass is 10.2. The molecule has 0 saturated carbocycles. The molecule has 122 valence electrons. The van der Waals surface area contributed by atoms with Crippen LogP contribution in [-0.2, 0) is 0 Å². The Hall–Kier alpha value is -2.16. The van der Waals surface area contributed by atoms with Crippen molar-refractivity contribution in [2.24, 2.45) is 0 Å². The molecule has 0 aliphatic rings. The van der Waals surface area contributed by atoms with Gasteiger partial charge in [0.1, 0.15) is 0 Å². The normalized spacial score (nSPS) is 10.3. The highest BCUT2D eigenvalue weighted by atomic mass is 32.1. The van der Waals surface area contributed by atoms with E-state index >= 15 is 0 Å². The molecular weight excluding hydrogens is 316 g/mol. The highest BCUT2D eigenvalue weighted by Gasteiger charge is 2.14. The van der Waals surface area contributed by atoms with Crippen molar-refractivity contribution >= 4 is 23.2 Å². The summed E-state index contributed by atoms with van der Waals surface area (Å²) >= 11 is 4.95. The lowest BCUT2D eigenvalue weighted by Gasteiger charge is -2.14. The third-order valence-corrected chi connectivity index (χ3v) is 2.57. The van der Waals surface area contributed by atoms with Gasteiger partial charge in [-0.3, -0.25) is 15.6 Å². The summed E-state index contributed by atoms with van der Waals surface area (Å²) in [6.45, 7) is 0.805. The summed E-state index contributed by atoms with van der Waals surface area (Å²) in [6, 6.07) is 3.96. The van der Waals surface area contributed by atoms with Crippen molar-refractivity contribution in [3.05, 3.63) is 23.8 Å². The van der Waals surface area contributed by atoms with E-state index in [1.807, 2.05) is 13.8 Å². The van der Waals surface area contributed by atoms with Gasteiger partial charge >= 0.3 is 6.61 Å². The molecule has 0 aromatic heterocycles. The van der Waals surface area contributed by atoms with Crippen LogP contribution < -0.4 is 25.6 Å². The zero-order chi connectivity index (χ0) is 16.7. The number of carbonyl (C=O) groups is 1. The maximum atomic E-state index is 12.2. The molecule has 6 nitrogen and oxygen atoms in total. The number of alkyl halides is 2. The molecule has 22 heavy (non-hydrogen) atoms. The third-order valence-electron chi connectivity index (χ3n) is 2.35. The van der Waals surface area contributed by atoms with Gasteiger partial charge in [-0.2, -0.15) is 8.78 Å². The number of ether oxygens (including phenoxy) is 2. The largest absolute Gasteiger partial charge is 0.493 e. The van der Waals surface area contributed by atoms with Gasteiger partial charge in [-0.05, 0) is 44.3 Å². The molecule has 0 radical (unpaired) electrons. The van der Waals surface area contributed by atoms with Crippen molar-refractivity contribution in [1.82, 2.24) is 16.2 Å². The van der Waals surface area contributed by atoms with Crippen molar-refractivity contribution in [3.63, 3.8) is 0 Å². The van der Waals surface area contributed by atoms with Gasteiger partial charge in [0.05, 0.1) is 7.11 Å². The van der Waals surface area contributed by atoms with Gasteiger partial charge in [0, 0.05) is 11.6 Å². The second-order valence-electron chi connectivity index (χ2n) is 4.45. The first kappa shape index (κ1) is 17.9. The standard InChI is InChI=1S/C13H17F2N3O3S/c1-7(2)16-13(22)18-17-11(19)8-4-5-9(21-12(14)15)10(6-8)20-3/h4-7,12H,1-3H3,(H,17,19)(H2,16,18,22). The molecule has 1 rings (SSSR count). The molecule has 1 amide bonds. The Morgan fingerprint density at radius 3 is 2.45 bits per heavy atom. The van der Waals surface area contributed by atoms with E-state index in [0.29, 0.717) is 0 Å². The van der Waals surface area contributed by atoms with E-state index in [9.17, 15) is 13.6 Å². The molecule has 0 spiro atoms. The fourth-order valence-corrected chi connectivity index (χ4v) is 1.77. The van der Waals surface area contributed by atoms with Crippen molar-refractivity contribution in [3.8, 4) is 11.5 Å². The maximum absolute atomic E-state index is 12.2. The van der Waals surface area contributed by atoms with Gasteiger partial charge in [0.15, 0.2) is 16.6 Å². The van der Waals surface area contributed by atoms with E-state index in [4.69, 9.17) is 17.0 Å². The number of methoxy groups -OCH3 is 1. The molecule has 0 saturated heterocycles. The van der Waals surface area contributed by atoms with Crippen LogP contribution in [0.15, 0.2) is 18.2 Å². The Morgan fingerprint density at radius 2 is 1.91 bits per heavy atom. The summed E-state index contributed by atoms with van der Waals surface area (Å²) in [5.41, 5.74) is 5.10.